The summed E-state index contributed by atoms with van der Waals surface area (Å²) < 4.78 is 31.4. The molecule has 6 N–H and O–H groups in total. The molecule has 0 heterocycles. The molecule has 0 aliphatic heterocycles. The Kier molecular flexibility index (Phi) is 2.37. The molecule has 6 nitrogen and oxygen atoms in total. The highest BCUT2D eigenvalue weighted by Gasteiger charge is 2.18. The topological polar surface area (TPSA) is 127 Å². The predicted octanol–water partition coefficient (Wildman–Crippen LogP) is 0.957. The first-order valence-corrected chi connectivity index (χ1v) is 6.03. The molecule has 0 radical (unpaired) electrons. The van der Waals surface area contributed by atoms with Crippen molar-refractivity contribution >= 4 is 32.3 Å². The number of nitrogens with two attached hydrogens (primary N) is 2. The van der Waals surface area contributed by atoms with Gasteiger partial charge in [-0.15, -0.1) is 0 Å². The van der Waals surface area contributed by atoms with Crippen LogP contribution in [0, 0.1) is 0 Å². The lowest BCUT2D eigenvalue weighted by Gasteiger charge is -2.09. The van der Waals surface area contributed by atoms with E-state index in [-0.39, 0.29) is 11.1 Å². The Hall–Kier alpha value is -1.99. The van der Waals surface area contributed by atoms with Crippen LogP contribution in [0.25, 0.3) is 10.8 Å². The maximum Gasteiger partial charge on any atom is 0.295 e. The smallest absolute Gasteiger partial charge is 0.295 e. The molecular formula is C10H10N2O4S. The molecule has 2 rings (SSSR count). The molecule has 0 bridgehead atoms. The van der Waals surface area contributed by atoms with Crippen LogP contribution in [0.2, 0.25) is 0 Å². The number of benzene rings is 2. The van der Waals surface area contributed by atoms with Gasteiger partial charge in [-0.25, -0.2) is 0 Å². The molecule has 0 unspecified atom stereocenters. The summed E-state index contributed by atoms with van der Waals surface area (Å²) in [6.45, 7) is 0. The number of hydrogen-bond acceptors (Lipinski definition) is 5. The number of nitrogen functional groups attached to an aromatic ring is 2. The molecule has 0 aromatic heterocycles. The van der Waals surface area contributed by atoms with Crippen molar-refractivity contribution in [3.8, 4) is 5.75 Å². The molecule has 7 heteroatoms. The summed E-state index contributed by atoms with van der Waals surface area (Å²) in [5.41, 5.74) is 11.5. The summed E-state index contributed by atoms with van der Waals surface area (Å²) in [4.78, 5) is -0.425. The van der Waals surface area contributed by atoms with Crippen LogP contribution in [0.4, 0.5) is 11.4 Å². The molecule has 17 heavy (non-hydrogen) atoms. The monoisotopic (exact) mass is 254 g/mol. The number of aromatic hydroxyl groups is 1. The molecule has 2 aromatic rings. The van der Waals surface area contributed by atoms with Gasteiger partial charge in [0.1, 0.15) is 10.6 Å². The molecule has 0 fully saturated rings. The SMILES string of the molecule is Nc1ccc2c(N)c(O)cc(S(=O)(=O)O)c2c1. The fourth-order valence-electron chi connectivity index (χ4n) is 1.63. The van der Waals surface area contributed by atoms with Gasteiger partial charge in [-0.2, -0.15) is 8.42 Å². The molecule has 2 aromatic carbocycles. The molecule has 0 saturated carbocycles. The Balaban J connectivity index is 3.04. The number of rotatable bonds is 1. The van der Waals surface area contributed by atoms with E-state index in [1.165, 1.54) is 18.2 Å². The third-order valence-electron chi connectivity index (χ3n) is 2.42. The Morgan fingerprint density at radius 1 is 1.06 bits per heavy atom. The minimum absolute atomic E-state index is 0.0346. The van der Waals surface area contributed by atoms with Crippen molar-refractivity contribution in [1.82, 2.24) is 0 Å². The average molecular weight is 254 g/mol. The Bertz CT molecular complexity index is 710. The van der Waals surface area contributed by atoms with Crippen LogP contribution in [0.1, 0.15) is 0 Å². The van der Waals surface area contributed by atoms with Crippen molar-refractivity contribution in [2.24, 2.45) is 0 Å². The van der Waals surface area contributed by atoms with Crippen molar-refractivity contribution in [1.29, 1.82) is 0 Å². The van der Waals surface area contributed by atoms with E-state index < -0.39 is 20.8 Å². The van der Waals surface area contributed by atoms with Crippen LogP contribution >= 0.6 is 0 Å². The van der Waals surface area contributed by atoms with Gasteiger partial charge in [-0.05, 0) is 12.1 Å². The van der Waals surface area contributed by atoms with Crippen molar-refractivity contribution in [2.45, 2.75) is 4.90 Å². The standard InChI is InChI=1S/C10H10N2O4S/c11-5-1-2-6-7(3-5)9(17(14,15)16)4-8(13)10(6)12/h1-4,13H,11-12H2,(H,14,15,16). The highest BCUT2D eigenvalue weighted by Crippen LogP contribution is 2.35. The zero-order chi connectivity index (χ0) is 12.8. The van der Waals surface area contributed by atoms with Crippen molar-refractivity contribution < 1.29 is 18.1 Å². The normalized spacial score (nSPS) is 11.8. The van der Waals surface area contributed by atoms with Gasteiger partial charge in [0.25, 0.3) is 10.1 Å². The number of anilines is 2. The third-order valence-corrected chi connectivity index (χ3v) is 3.31. The number of phenols is 1. The summed E-state index contributed by atoms with van der Waals surface area (Å²) in [5, 5.41) is 9.98. The van der Waals surface area contributed by atoms with Crippen molar-refractivity contribution in [2.75, 3.05) is 11.5 Å². The van der Waals surface area contributed by atoms with Crippen molar-refractivity contribution in [3.05, 3.63) is 24.3 Å². The van der Waals surface area contributed by atoms with Gasteiger partial charge >= 0.3 is 0 Å². The molecular weight excluding hydrogens is 244 g/mol. The summed E-state index contributed by atoms with van der Waals surface area (Å²) >= 11 is 0. The molecule has 0 amide bonds. The van der Waals surface area contributed by atoms with E-state index in [1.807, 2.05) is 0 Å². The summed E-state index contributed by atoms with van der Waals surface area (Å²) in [6, 6.07) is 5.26. The highest BCUT2D eigenvalue weighted by atomic mass is 32.2. The third kappa shape index (κ3) is 1.85. The molecule has 90 valence electrons. The van der Waals surface area contributed by atoms with Crippen LogP contribution in [0.15, 0.2) is 29.2 Å². The minimum atomic E-state index is -4.46. The lowest BCUT2D eigenvalue weighted by atomic mass is 10.1. The van der Waals surface area contributed by atoms with Crippen LogP contribution in [-0.4, -0.2) is 18.1 Å². The Labute approximate surface area is 97.2 Å². The minimum Gasteiger partial charge on any atom is -0.506 e. The van der Waals surface area contributed by atoms with Crippen LogP contribution in [-0.2, 0) is 10.1 Å². The Morgan fingerprint density at radius 2 is 1.71 bits per heavy atom. The number of phenolic OH excluding ortho intramolecular Hbond substituents is 1. The van der Waals surface area contributed by atoms with E-state index in [4.69, 9.17) is 16.0 Å². The van der Waals surface area contributed by atoms with E-state index in [0.29, 0.717) is 11.1 Å². The zero-order valence-corrected chi connectivity index (χ0v) is 9.40. The highest BCUT2D eigenvalue weighted by molar-refractivity contribution is 7.86. The summed E-state index contributed by atoms with van der Waals surface area (Å²) in [6.07, 6.45) is 0. The lowest BCUT2D eigenvalue weighted by molar-refractivity contribution is 0.470. The van der Waals surface area contributed by atoms with Crippen LogP contribution < -0.4 is 11.5 Å². The molecule has 0 aliphatic carbocycles. The second-order valence-electron chi connectivity index (χ2n) is 3.59. The summed E-state index contributed by atoms with van der Waals surface area (Å²) in [5.74, 6) is -0.408. The largest absolute Gasteiger partial charge is 0.506 e. The van der Waals surface area contributed by atoms with Gasteiger partial charge in [-0.1, -0.05) is 6.07 Å². The van der Waals surface area contributed by atoms with Gasteiger partial charge in [-0.3, -0.25) is 4.55 Å². The molecule has 0 aliphatic rings. The van der Waals surface area contributed by atoms with Gasteiger partial charge < -0.3 is 16.6 Å². The lowest BCUT2D eigenvalue weighted by Crippen LogP contribution is -2.01. The van der Waals surface area contributed by atoms with E-state index in [1.54, 1.807) is 0 Å². The quantitative estimate of drug-likeness (QED) is 0.341. The fourth-order valence-corrected chi connectivity index (χ4v) is 2.34. The molecule has 0 saturated heterocycles. The van der Waals surface area contributed by atoms with Crippen LogP contribution in [0.3, 0.4) is 0 Å². The van der Waals surface area contributed by atoms with Gasteiger partial charge in [0.2, 0.25) is 0 Å². The second kappa shape index (κ2) is 3.51. The van der Waals surface area contributed by atoms with E-state index in [2.05, 4.69) is 0 Å². The predicted molar refractivity (Wildman–Crippen MR) is 64.3 cm³/mol. The average Bonchev–Trinajstić information content (AvgIpc) is 2.21. The van der Waals surface area contributed by atoms with Gasteiger partial charge in [0, 0.05) is 22.5 Å². The number of hydrogen-bond donors (Lipinski definition) is 4. The Morgan fingerprint density at radius 3 is 2.29 bits per heavy atom. The van der Waals surface area contributed by atoms with Gasteiger partial charge in [0.15, 0.2) is 0 Å². The first kappa shape index (κ1) is 11.5. The fraction of sp³-hybridized carbons (Fsp3) is 0. The van der Waals surface area contributed by atoms with E-state index in [0.717, 1.165) is 6.07 Å². The maximum absolute atomic E-state index is 11.2. The number of fused-ring (bicyclic) bond motifs is 1. The maximum atomic E-state index is 11.2. The first-order valence-electron chi connectivity index (χ1n) is 4.59. The van der Waals surface area contributed by atoms with Gasteiger partial charge in [0.05, 0.1) is 5.69 Å². The first-order chi connectivity index (χ1) is 7.80. The second-order valence-corrected chi connectivity index (χ2v) is 4.98. The molecule has 0 atom stereocenters. The van der Waals surface area contributed by atoms with E-state index in [9.17, 15) is 13.5 Å². The molecule has 0 spiro atoms. The van der Waals surface area contributed by atoms with Crippen molar-refractivity contribution in [3.63, 3.8) is 0 Å². The van der Waals surface area contributed by atoms with E-state index >= 15 is 0 Å². The van der Waals surface area contributed by atoms with Crippen LogP contribution in [0.5, 0.6) is 5.75 Å². The summed E-state index contributed by atoms with van der Waals surface area (Å²) in [7, 11) is -4.46. The zero-order valence-electron chi connectivity index (χ0n) is 8.58.